The summed E-state index contributed by atoms with van der Waals surface area (Å²) in [7, 11) is 2.11. The molecule has 1 heterocycles. The number of hydrogen-bond donors (Lipinski definition) is 1. The zero-order valence-corrected chi connectivity index (χ0v) is 8.44. The maximum Gasteiger partial charge on any atom is 0.142 e. The zero-order chi connectivity index (χ0) is 9.97. The normalized spacial score (nSPS) is 22.5. The molecule has 0 unspecified atom stereocenters. The van der Waals surface area contributed by atoms with Crippen LogP contribution >= 0.6 is 0 Å². The Morgan fingerprint density at radius 2 is 2.21 bits per heavy atom. The first-order chi connectivity index (χ1) is 6.75. The molecular weight excluding hydrogens is 176 g/mol. The van der Waals surface area contributed by atoms with Gasteiger partial charge in [-0.3, -0.25) is 0 Å². The van der Waals surface area contributed by atoms with E-state index in [9.17, 15) is 0 Å². The van der Waals surface area contributed by atoms with Crippen molar-refractivity contribution in [2.24, 2.45) is 0 Å². The molecule has 1 aliphatic heterocycles. The molecule has 0 radical (unpaired) electrons. The van der Waals surface area contributed by atoms with E-state index >= 15 is 0 Å². The van der Waals surface area contributed by atoms with Crippen LogP contribution in [0.15, 0.2) is 24.3 Å². The Kier molecular flexibility index (Phi) is 2.59. The molecule has 1 aromatic carbocycles. The molecule has 0 amide bonds. The molecule has 0 saturated carbocycles. The summed E-state index contributed by atoms with van der Waals surface area (Å²) in [6.07, 6.45) is 1.38. The van der Waals surface area contributed by atoms with E-state index in [2.05, 4.69) is 11.9 Å². The van der Waals surface area contributed by atoms with Crippen molar-refractivity contribution in [3.05, 3.63) is 24.3 Å². The number of nitrogens with zero attached hydrogens (tertiary/aromatic N) is 1. The van der Waals surface area contributed by atoms with Gasteiger partial charge in [0.2, 0.25) is 0 Å². The number of nitrogens with two attached hydrogens (primary N) is 1. The predicted molar refractivity (Wildman–Crippen MR) is 57.4 cm³/mol. The highest BCUT2D eigenvalue weighted by atomic mass is 16.5. The molecule has 1 saturated heterocycles. The molecule has 1 aromatic rings. The van der Waals surface area contributed by atoms with E-state index in [1.165, 1.54) is 0 Å². The summed E-state index contributed by atoms with van der Waals surface area (Å²) in [6, 6.07) is 7.66. The lowest BCUT2D eigenvalue weighted by Crippen LogP contribution is -2.21. The first kappa shape index (κ1) is 9.34. The van der Waals surface area contributed by atoms with Gasteiger partial charge < -0.3 is 15.4 Å². The van der Waals surface area contributed by atoms with Crippen LogP contribution < -0.4 is 10.5 Å². The maximum absolute atomic E-state index is 5.81. The lowest BCUT2D eigenvalue weighted by Gasteiger charge is -2.14. The number of likely N-dealkylation sites (tertiary alicyclic amines) is 1. The van der Waals surface area contributed by atoms with E-state index in [-0.39, 0.29) is 0 Å². The topological polar surface area (TPSA) is 38.5 Å². The van der Waals surface area contributed by atoms with Crippen LogP contribution in [0.3, 0.4) is 0 Å². The maximum atomic E-state index is 5.81. The molecule has 3 nitrogen and oxygen atoms in total. The minimum Gasteiger partial charge on any atom is -0.487 e. The molecular formula is C11H16N2O. The summed E-state index contributed by atoms with van der Waals surface area (Å²) in [5, 5.41) is 0. The number of para-hydroxylation sites is 2. The number of anilines is 1. The molecule has 0 aromatic heterocycles. The largest absolute Gasteiger partial charge is 0.487 e. The minimum absolute atomic E-state index is 0.296. The lowest BCUT2D eigenvalue weighted by molar-refractivity contribution is 0.209. The van der Waals surface area contributed by atoms with E-state index in [4.69, 9.17) is 10.5 Å². The molecule has 1 aliphatic rings. The van der Waals surface area contributed by atoms with Gasteiger partial charge in [0.25, 0.3) is 0 Å². The smallest absolute Gasteiger partial charge is 0.142 e. The van der Waals surface area contributed by atoms with Crippen LogP contribution in [0.1, 0.15) is 6.42 Å². The Hall–Kier alpha value is -1.22. The molecule has 0 aliphatic carbocycles. The van der Waals surface area contributed by atoms with Crippen molar-refractivity contribution in [3.8, 4) is 5.75 Å². The monoisotopic (exact) mass is 192 g/mol. The highest BCUT2D eigenvalue weighted by Gasteiger charge is 2.21. The van der Waals surface area contributed by atoms with Gasteiger partial charge in [-0.15, -0.1) is 0 Å². The zero-order valence-electron chi connectivity index (χ0n) is 8.44. The average molecular weight is 192 g/mol. The summed E-state index contributed by atoms with van der Waals surface area (Å²) < 4.78 is 5.81. The van der Waals surface area contributed by atoms with Gasteiger partial charge in [0, 0.05) is 13.1 Å². The fourth-order valence-corrected chi connectivity index (χ4v) is 1.76. The molecule has 14 heavy (non-hydrogen) atoms. The van der Waals surface area contributed by atoms with Crippen LogP contribution in [0.5, 0.6) is 5.75 Å². The third-order valence-electron chi connectivity index (χ3n) is 2.56. The van der Waals surface area contributed by atoms with E-state index in [0.717, 1.165) is 30.9 Å². The Bertz CT molecular complexity index is 314. The Morgan fingerprint density at radius 1 is 1.43 bits per heavy atom. The standard InChI is InChI=1S/C11H16N2O/c1-13-7-6-9(8-13)14-11-5-3-2-4-10(11)12/h2-5,9H,6-8,12H2,1H3/t9-/m1/s1. The highest BCUT2D eigenvalue weighted by Crippen LogP contribution is 2.23. The van der Waals surface area contributed by atoms with Gasteiger partial charge in [-0.1, -0.05) is 12.1 Å². The molecule has 1 fully saturated rings. The average Bonchev–Trinajstić information content (AvgIpc) is 2.56. The summed E-state index contributed by atoms with van der Waals surface area (Å²) in [4.78, 5) is 2.27. The van der Waals surface area contributed by atoms with E-state index in [1.54, 1.807) is 0 Å². The molecule has 1 atom stereocenters. The highest BCUT2D eigenvalue weighted by molar-refractivity contribution is 5.51. The van der Waals surface area contributed by atoms with Gasteiger partial charge in [0.15, 0.2) is 0 Å². The number of rotatable bonds is 2. The second kappa shape index (κ2) is 3.88. The van der Waals surface area contributed by atoms with Crippen molar-refractivity contribution in [1.29, 1.82) is 0 Å². The third kappa shape index (κ3) is 1.99. The van der Waals surface area contributed by atoms with Crippen LogP contribution in [-0.2, 0) is 0 Å². The quantitative estimate of drug-likeness (QED) is 0.719. The second-order valence-electron chi connectivity index (χ2n) is 3.83. The van der Waals surface area contributed by atoms with Crippen LogP contribution in [0, 0.1) is 0 Å². The molecule has 0 bridgehead atoms. The van der Waals surface area contributed by atoms with Gasteiger partial charge in [-0.05, 0) is 25.6 Å². The summed E-state index contributed by atoms with van der Waals surface area (Å²) in [6.45, 7) is 2.10. The molecule has 76 valence electrons. The van der Waals surface area contributed by atoms with Crippen molar-refractivity contribution in [3.63, 3.8) is 0 Å². The van der Waals surface area contributed by atoms with Crippen molar-refractivity contribution < 1.29 is 4.74 Å². The number of likely N-dealkylation sites (N-methyl/N-ethyl adjacent to an activating group) is 1. The van der Waals surface area contributed by atoms with Gasteiger partial charge in [-0.25, -0.2) is 0 Å². The first-order valence-corrected chi connectivity index (χ1v) is 4.95. The van der Waals surface area contributed by atoms with Crippen molar-refractivity contribution in [2.75, 3.05) is 25.9 Å². The van der Waals surface area contributed by atoms with Crippen LogP contribution in [-0.4, -0.2) is 31.1 Å². The van der Waals surface area contributed by atoms with E-state index in [0.29, 0.717) is 6.10 Å². The van der Waals surface area contributed by atoms with Crippen molar-refractivity contribution >= 4 is 5.69 Å². The molecule has 2 rings (SSSR count). The summed E-state index contributed by atoms with van der Waals surface area (Å²) in [5.41, 5.74) is 6.52. The number of benzene rings is 1. The number of ether oxygens (including phenoxy) is 1. The van der Waals surface area contributed by atoms with Crippen molar-refractivity contribution in [1.82, 2.24) is 4.90 Å². The van der Waals surface area contributed by atoms with Gasteiger partial charge in [0.1, 0.15) is 11.9 Å². The van der Waals surface area contributed by atoms with E-state index in [1.807, 2.05) is 24.3 Å². The van der Waals surface area contributed by atoms with Crippen LogP contribution in [0.4, 0.5) is 5.69 Å². The minimum atomic E-state index is 0.296. The first-order valence-electron chi connectivity index (χ1n) is 4.95. The fraction of sp³-hybridized carbons (Fsp3) is 0.455. The molecule has 0 spiro atoms. The molecule has 2 N–H and O–H groups in total. The number of nitrogen functional groups attached to an aromatic ring is 1. The Morgan fingerprint density at radius 3 is 2.86 bits per heavy atom. The molecule has 3 heteroatoms. The fourth-order valence-electron chi connectivity index (χ4n) is 1.76. The summed E-state index contributed by atoms with van der Waals surface area (Å²) >= 11 is 0. The Labute approximate surface area is 84.5 Å². The van der Waals surface area contributed by atoms with Gasteiger partial charge in [0.05, 0.1) is 5.69 Å². The van der Waals surface area contributed by atoms with Gasteiger partial charge >= 0.3 is 0 Å². The summed E-state index contributed by atoms with van der Waals surface area (Å²) in [5.74, 6) is 0.813. The Balaban J connectivity index is 2.01. The van der Waals surface area contributed by atoms with Crippen LogP contribution in [0.25, 0.3) is 0 Å². The van der Waals surface area contributed by atoms with Gasteiger partial charge in [-0.2, -0.15) is 0 Å². The van der Waals surface area contributed by atoms with Crippen molar-refractivity contribution in [2.45, 2.75) is 12.5 Å². The lowest BCUT2D eigenvalue weighted by atomic mass is 10.3. The van der Waals surface area contributed by atoms with Crippen LogP contribution in [0.2, 0.25) is 0 Å². The predicted octanol–water partition coefficient (Wildman–Crippen LogP) is 1.35. The SMILES string of the molecule is CN1CC[C@@H](Oc2ccccc2N)C1. The second-order valence-corrected chi connectivity index (χ2v) is 3.83. The number of hydrogen-bond acceptors (Lipinski definition) is 3. The van der Waals surface area contributed by atoms with E-state index < -0.39 is 0 Å². The third-order valence-corrected chi connectivity index (χ3v) is 2.56.